The Morgan fingerprint density at radius 2 is 1.82 bits per heavy atom. The number of fused-ring (bicyclic) bond motifs is 1. The molecule has 0 radical (unpaired) electrons. The van der Waals surface area contributed by atoms with Crippen LogP contribution >= 0.6 is 0 Å². The van der Waals surface area contributed by atoms with Gasteiger partial charge in [-0.1, -0.05) is 42.5 Å². The largest absolute Gasteiger partial charge is 0.496 e. The molecule has 1 aliphatic rings. The van der Waals surface area contributed by atoms with Crippen LogP contribution in [-0.2, 0) is 22.7 Å². The van der Waals surface area contributed by atoms with Gasteiger partial charge in [-0.05, 0) is 59.8 Å². The quantitative estimate of drug-likeness (QED) is 0.239. The molecule has 0 aliphatic carbocycles. The summed E-state index contributed by atoms with van der Waals surface area (Å²) in [6, 6.07) is 24.9. The van der Waals surface area contributed by atoms with Gasteiger partial charge >= 0.3 is 0 Å². The third-order valence-electron chi connectivity index (χ3n) is 7.06. The van der Waals surface area contributed by atoms with Gasteiger partial charge < -0.3 is 24.3 Å². The fourth-order valence-corrected chi connectivity index (χ4v) is 4.98. The first-order chi connectivity index (χ1) is 18.8. The van der Waals surface area contributed by atoms with Gasteiger partial charge in [0.25, 0.3) is 0 Å². The van der Waals surface area contributed by atoms with Crippen molar-refractivity contribution in [1.29, 1.82) is 0 Å². The van der Waals surface area contributed by atoms with E-state index in [9.17, 15) is 0 Å². The van der Waals surface area contributed by atoms with Crippen LogP contribution in [0, 0.1) is 0 Å². The maximum absolute atomic E-state index is 6.43. The van der Waals surface area contributed by atoms with Crippen LogP contribution in [0.3, 0.4) is 0 Å². The summed E-state index contributed by atoms with van der Waals surface area (Å²) >= 11 is 0. The van der Waals surface area contributed by atoms with Crippen molar-refractivity contribution in [3.63, 3.8) is 0 Å². The van der Waals surface area contributed by atoms with Gasteiger partial charge in [0, 0.05) is 42.2 Å². The molecule has 2 unspecified atom stereocenters. The van der Waals surface area contributed by atoms with Crippen LogP contribution in [0.1, 0.15) is 35.4 Å². The Balaban J connectivity index is 1.08. The number of para-hydroxylation sites is 1. The van der Waals surface area contributed by atoms with E-state index in [1.165, 1.54) is 16.5 Å². The molecule has 6 heteroatoms. The van der Waals surface area contributed by atoms with Crippen molar-refractivity contribution in [3.05, 3.63) is 102 Å². The van der Waals surface area contributed by atoms with Crippen LogP contribution in [0.15, 0.2) is 85.2 Å². The molecule has 0 saturated carbocycles. The summed E-state index contributed by atoms with van der Waals surface area (Å²) in [6.45, 7) is 4.24. The highest BCUT2D eigenvalue weighted by atomic mass is 16.5. The van der Waals surface area contributed by atoms with Gasteiger partial charge in [0.15, 0.2) is 0 Å². The molecular formula is C32H36N2O4. The number of ether oxygens (including phenoxy) is 4. The van der Waals surface area contributed by atoms with Crippen molar-refractivity contribution < 1.29 is 18.9 Å². The van der Waals surface area contributed by atoms with Crippen molar-refractivity contribution >= 4 is 10.8 Å². The van der Waals surface area contributed by atoms with E-state index in [-0.39, 0.29) is 6.10 Å². The minimum absolute atomic E-state index is 0.125. The van der Waals surface area contributed by atoms with E-state index in [0.717, 1.165) is 48.4 Å². The number of methoxy groups -OCH3 is 1. The molecule has 3 aromatic carbocycles. The minimum Gasteiger partial charge on any atom is -0.496 e. The van der Waals surface area contributed by atoms with Gasteiger partial charge in [-0.25, -0.2) is 0 Å². The Morgan fingerprint density at radius 1 is 0.921 bits per heavy atom. The highest BCUT2D eigenvalue weighted by Crippen LogP contribution is 2.30. The lowest BCUT2D eigenvalue weighted by molar-refractivity contribution is 0.0106. The summed E-state index contributed by atoms with van der Waals surface area (Å²) in [4.78, 5) is 4.24. The Labute approximate surface area is 224 Å². The maximum Gasteiger partial charge on any atom is 0.124 e. The first kappa shape index (κ1) is 26.2. The van der Waals surface area contributed by atoms with E-state index in [4.69, 9.17) is 18.9 Å². The monoisotopic (exact) mass is 512 g/mol. The zero-order chi connectivity index (χ0) is 26.0. The molecule has 5 rings (SSSR count). The number of pyridine rings is 1. The first-order valence-electron chi connectivity index (χ1n) is 13.4. The molecule has 198 valence electrons. The fourth-order valence-electron chi connectivity index (χ4n) is 4.98. The highest BCUT2D eigenvalue weighted by Gasteiger charge is 2.27. The van der Waals surface area contributed by atoms with Crippen molar-refractivity contribution in [2.45, 2.75) is 38.1 Å². The molecule has 1 N–H and O–H groups in total. The van der Waals surface area contributed by atoms with Crippen LogP contribution < -0.4 is 14.8 Å². The molecule has 1 aliphatic heterocycles. The van der Waals surface area contributed by atoms with Gasteiger partial charge in [-0.2, -0.15) is 0 Å². The fraction of sp³-hybridized carbons (Fsp3) is 0.344. The van der Waals surface area contributed by atoms with Crippen LogP contribution in [0.4, 0.5) is 0 Å². The number of hydrogen-bond donors (Lipinski definition) is 1. The van der Waals surface area contributed by atoms with Crippen LogP contribution in [0.2, 0.25) is 0 Å². The molecule has 0 spiro atoms. The van der Waals surface area contributed by atoms with Crippen molar-refractivity contribution in [1.82, 2.24) is 10.3 Å². The zero-order valence-electron chi connectivity index (χ0n) is 22.0. The highest BCUT2D eigenvalue weighted by molar-refractivity contribution is 5.81. The Hall–Kier alpha value is -3.45. The third kappa shape index (κ3) is 6.90. The molecule has 1 aromatic heterocycles. The second kappa shape index (κ2) is 13.4. The lowest BCUT2D eigenvalue weighted by atomic mass is 9.87. The Morgan fingerprint density at radius 3 is 2.71 bits per heavy atom. The molecule has 38 heavy (non-hydrogen) atoms. The normalized spacial score (nSPS) is 17.4. The smallest absolute Gasteiger partial charge is 0.124 e. The number of aromatic nitrogens is 1. The van der Waals surface area contributed by atoms with E-state index < -0.39 is 0 Å². The molecule has 2 heterocycles. The van der Waals surface area contributed by atoms with Crippen molar-refractivity contribution in [3.8, 4) is 11.5 Å². The lowest BCUT2D eigenvalue weighted by Crippen LogP contribution is -2.40. The number of piperidine rings is 1. The summed E-state index contributed by atoms with van der Waals surface area (Å²) in [5.74, 6) is 2.10. The standard InChI is InChI=1S/C32H36N2O4/c1-35-31-6-3-2-5-27(31)23-36-17-4-18-37-29-11-9-26(10-12-29)30-14-16-34-21-32(30)38-22-24-7-8-25-13-15-33-20-28(25)19-24/h2-3,5-13,15,19-20,30,32,34H,4,14,16-18,21-23H2,1H3. The topological polar surface area (TPSA) is 61.8 Å². The van der Waals surface area contributed by atoms with Gasteiger partial charge in [-0.15, -0.1) is 0 Å². The second-order valence-corrected chi connectivity index (χ2v) is 9.64. The Kier molecular flexibility index (Phi) is 9.21. The molecular weight excluding hydrogens is 476 g/mol. The van der Waals surface area contributed by atoms with Gasteiger partial charge in [0.1, 0.15) is 11.5 Å². The number of rotatable bonds is 12. The number of nitrogens with one attached hydrogen (secondary N) is 1. The first-order valence-corrected chi connectivity index (χ1v) is 13.4. The van der Waals surface area contributed by atoms with Crippen LogP contribution in [0.5, 0.6) is 11.5 Å². The molecule has 0 amide bonds. The zero-order valence-corrected chi connectivity index (χ0v) is 22.0. The van der Waals surface area contributed by atoms with E-state index in [1.54, 1.807) is 7.11 Å². The number of nitrogens with zero attached hydrogens (tertiary/aromatic N) is 1. The predicted molar refractivity (Wildman–Crippen MR) is 150 cm³/mol. The average Bonchev–Trinajstić information content (AvgIpc) is 2.98. The number of benzene rings is 3. The van der Waals surface area contributed by atoms with E-state index >= 15 is 0 Å². The molecule has 1 saturated heterocycles. The summed E-state index contributed by atoms with van der Waals surface area (Å²) in [5, 5.41) is 5.84. The van der Waals surface area contributed by atoms with Crippen molar-refractivity contribution in [2.75, 3.05) is 33.4 Å². The summed E-state index contributed by atoms with van der Waals surface area (Å²) in [7, 11) is 1.68. The van der Waals surface area contributed by atoms with Gasteiger partial charge in [0.2, 0.25) is 0 Å². The second-order valence-electron chi connectivity index (χ2n) is 9.64. The van der Waals surface area contributed by atoms with Crippen LogP contribution in [0.25, 0.3) is 10.8 Å². The third-order valence-corrected chi connectivity index (χ3v) is 7.06. The maximum atomic E-state index is 6.43. The molecule has 4 aromatic rings. The summed E-state index contributed by atoms with van der Waals surface area (Å²) in [5.41, 5.74) is 3.53. The van der Waals surface area contributed by atoms with Gasteiger partial charge in [0.05, 0.1) is 39.6 Å². The molecule has 6 nitrogen and oxygen atoms in total. The van der Waals surface area contributed by atoms with E-state index in [1.807, 2.05) is 42.7 Å². The molecule has 0 bridgehead atoms. The molecule has 2 atom stereocenters. The SMILES string of the molecule is COc1ccccc1COCCCOc1ccc(C2CCNCC2OCc2ccc3ccncc3c2)cc1. The van der Waals surface area contributed by atoms with E-state index in [2.05, 4.69) is 52.8 Å². The summed E-state index contributed by atoms with van der Waals surface area (Å²) in [6.07, 6.45) is 5.73. The molecule has 1 fully saturated rings. The van der Waals surface area contributed by atoms with E-state index in [0.29, 0.717) is 32.3 Å². The van der Waals surface area contributed by atoms with Gasteiger partial charge in [-0.3, -0.25) is 4.98 Å². The predicted octanol–water partition coefficient (Wildman–Crippen LogP) is 5.89. The summed E-state index contributed by atoms with van der Waals surface area (Å²) < 4.78 is 23.6. The van der Waals surface area contributed by atoms with Crippen molar-refractivity contribution in [2.24, 2.45) is 0 Å². The minimum atomic E-state index is 0.125. The Bertz CT molecular complexity index is 1290. The number of hydrogen-bond acceptors (Lipinski definition) is 6. The lowest BCUT2D eigenvalue weighted by Gasteiger charge is -2.32. The van der Waals surface area contributed by atoms with Crippen LogP contribution in [-0.4, -0.2) is 44.5 Å². The average molecular weight is 513 g/mol.